The van der Waals surface area contributed by atoms with Gasteiger partial charge in [0, 0.05) is 6.42 Å². The van der Waals surface area contributed by atoms with Gasteiger partial charge in [-0.05, 0) is 47.8 Å². The van der Waals surface area contributed by atoms with Crippen LogP contribution in [0.4, 0.5) is 0 Å². The highest BCUT2D eigenvalue weighted by Gasteiger charge is 2.45. The van der Waals surface area contributed by atoms with Gasteiger partial charge in [-0.25, -0.2) is 0 Å². The molecule has 2 unspecified atom stereocenters. The van der Waals surface area contributed by atoms with E-state index in [0.717, 1.165) is 19.3 Å². The summed E-state index contributed by atoms with van der Waals surface area (Å²) < 4.78 is 4.76. The molecule has 0 saturated heterocycles. The maximum atomic E-state index is 11.4. The van der Waals surface area contributed by atoms with Gasteiger partial charge >= 0.3 is 5.97 Å². The van der Waals surface area contributed by atoms with Crippen molar-refractivity contribution in [3.05, 3.63) is 0 Å². The molecule has 1 saturated carbocycles. The summed E-state index contributed by atoms with van der Waals surface area (Å²) in [5.41, 5.74) is 0.180. The van der Waals surface area contributed by atoms with E-state index in [2.05, 4.69) is 41.5 Å². The first-order valence-electron chi connectivity index (χ1n) is 8.21. The van der Waals surface area contributed by atoms with E-state index in [1.165, 1.54) is 7.11 Å². The SMILES string of the molecule is COC(=O)CCC1CC(C(C)(C)C)C(O)C(C(C)(C)C)C1.O. The Balaban J connectivity index is 0.00000441. The van der Waals surface area contributed by atoms with Crippen LogP contribution in [0.25, 0.3) is 0 Å². The van der Waals surface area contributed by atoms with E-state index < -0.39 is 0 Å². The lowest BCUT2D eigenvalue weighted by Crippen LogP contribution is -2.47. The number of methoxy groups -OCH3 is 1. The minimum Gasteiger partial charge on any atom is -0.469 e. The van der Waals surface area contributed by atoms with Crippen LogP contribution in [0.2, 0.25) is 0 Å². The Morgan fingerprint density at radius 1 is 1.05 bits per heavy atom. The zero-order chi connectivity index (χ0) is 16.4. The highest BCUT2D eigenvalue weighted by molar-refractivity contribution is 5.69. The number of hydrogen-bond donors (Lipinski definition) is 1. The average molecular weight is 316 g/mol. The zero-order valence-corrected chi connectivity index (χ0v) is 15.4. The van der Waals surface area contributed by atoms with Crippen molar-refractivity contribution in [1.29, 1.82) is 0 Å². The van der Waals surface area contributed by atoms with Gasteiger partial charge in [-0.1, -0.05) is 41.5 Å². The highest BCUT2D eigenvalue weighted by Crippen LogP contribution is 2.49. The molecule has 4 heteroatoms. The van der Waals surface area contributed by atoms with Crippen LogP contribution in [-0.4, -0.2) is 29.8 Å². The molecule has 22 heavy (non-hydrogen) atoms. The van der Waals surface area contributed by atoms with Crippen LogP contribution in [0.15, 0.2) is 0 Å². The van der Waals surface area contributed by atoms with Gasteiger partial charge in [0.15, 0.2) is 0 Å². The smallest absolute Gasteiger partial charge is 0.305 e. The molecule has 3 N–H and O–H groups in total. The Morgan fingerprint density at radius 2 is 1.45 bits per heavy atom. The maximum absolute atomic E-state index is 11.4. The van der Waals surface area contributed by atoms with Crippen LogP contribution in [0.1, 0.15) is 67.2 Å². The van der Waals surface area contributed by atoms with Gasteiger partial charge in [-0.3, -0.25) is 4.79 Å². The van der Waals surface area contributed by atoms with Crippen LogP contribution in [-0.2, 0) is 9.53 Å². The number of hydrogen-bond acceptors (Lipinski definition) is 3. The third-order valence-electron chi connectivity index (χ3n) is 5.21. The van der Waals surface area contributed by atoms with Crippen molar-refractivity contribution in [2.75, 3.05) is 7.11 Å². The standard InChI is InChI=1S/C18H34O3.H2O/c1-17(2,3)13-10-12(8-9-15(19)21-7)11-14(16(13)20)18(4,5)6;/h12-14,16,20H,8-11H2,1-7H3;1H2. The molecule has 0 heterocycles. The van der Waals surface area contributed by atoms with Gasteiger partial charge in [0.05, 0.1) is 13.2 Å². The van der Waals surface area contributed by atoms with E-state index >= 15 is 0 Å². The van der Waals surface area contributed by atoms with E-state index in [4.69, 9.17) is 4.74 Å². The highest BCUT2D eigenvalue weighted by atomic mass is 16.5. The topological polar surface area (TPSA) is 78.0 Å². The van der Waals surface area contributed by atoms with Gasteiger partial charge in [-0.2, -0.15) is 0 Å². The molecule has 0 aromatic heterocycles. The number of rotatable bonds is 3. The minimum atomic E-state index is -0.251. The first kappa shape index (κ1) is 21.4. The van der Waals surface area contributed by atoms with E-state index in [0.29, 0.717) is 12.3 Å². The molecule has 0 bridgehead atoms. The second-order valence-electron chi connectivity index (χ2n) is 8.89. The van der Waals surface area contributed by atoms with Crippen LogP contribution in [0, 0.1) is 28.6 Å². The fourth-order valence-electron chi connectivity index (χ4n) is 3.77. The van der Waals surface area contributed by atoms with Crippen LogP contribution < -0.4 is 0 Å². The summed E-state index contributed by atoms with van der Waals surface area (Å²) in [4.78, 5) is 11.4. The van der Waals surface area contributed by atoms with Crippen molar-refractivity contribution < 1.29 is 20.1 Å². The predicted octanol–water partition coefficient (Wildman–Crippen LogP) is 3.21. The van der Waals surface area contributed by atoms with E-state index in [1.807, 2.05) is 0 Å². The molecule has 1 rings (SSSR count). The van der Waals surface area contributed by atoms with Gasteiger partial charge in [0.25, 0.3) is 0 Å². The second kappa shape index (κ2) is 7.78. The Bertz CT molecular complexity index is 327. The van der Waals surface area contributed by atoms with Crippen molar-refractivity contribution in [1.82, 2.24) is 0 Å². The molecule has 0 aliphatic heterocycles. The Labute approximate surface area is 135 Å². The van der Waals surface area contributed by atoms with Crippen molar-refractivity contribution >= 4 is 5.97 Å². The molecule has 1 aliphatic rings. The molecule has 0 aromatic rings. The quantitative estimate of drug-likeness (QED) is 0.812. The number of carbonyl (C=O) groups is 1. The fourth-order valence-corrected chi connectivity index (χ4v) is 3.77. The predicted molar refractivity (Wildman–Crippen MR) is 89.5 cm³/mol. The summed E-state index contributed by atoms with van der Waals surface area (Å²) in [7, 11) is 1.45. The monoisotopic (exact) mass is 316 g/mol. The summed E-state index contributed by atoms with van der Waals surface area (Å²) in [5, 5.41) is 10.8. The zero-order valence-electron chi connectivity index (χ0n) is 15.4. The van der Waals surface area contributed by atoms with Crippen LogP contribution in [0.5, 0.6) is 0 Å². The molecule has 0 aromatic carbocycles. The number of esters is 1. The molecule has 1 aliphatic carbocycles. The third kappa shape index (κ3) is 5.54. The lowest BCUT2D eigenvalue weighted by atomic mass is 9.58. The summed E-state index contributed by atoms with van der Waals surface area (Å²) in [6, 6.07) is 0. The summed E-state index contributed by atoms with van der Waals surface area (Å²) in [6.45, 7) is 13.3. The lowest BCUT2D eigenvalue weighted by Gasteiger charge is -2.49. The second-order valence-corrected chi connectivity index (χ2v) is 8.89. The first-order chi connectivity index (χ1) is 9.46. The summed E-state index contributed by atoms with van der Waals surface area (Å²) in [6.07, 6.45) is 3.13. The van der Waals surface area contributed by atoms with E-state index in [1.54, 1.807) is 0 Å². The van der Waals surface area contributed by atoms with Crippen molar-refractivity contribution in [3.8, 4) is 0 Å². The minimum absolute atomic E-state index is 0. The van der Waals surface area contributed by atoms with Crippen molar-refractivity contribution in [2.45, 2.75) is 73.3 Å². The van der Waals surface area contributed by atoms with Crippen LogP contribution >= 0.6 is 0 Å². The number of aliphatic hydroxyl groups is 1. The van der Waals surface area contributed by atoms with E-state index in [-0.39, 0.29) is 40.2 Å². The molecule has 132 valence electrons. The molecule has 1 fully saturated rings. The molecule has 2 atom stereocenters. The first-order valence-corrected chi connectivity index (χ1v) is 8.21. The maximum Gasteiger partial charge on any atom is 0.305 e. The van der Waals surface area contributed by atoms with Gasteiger partial charge in [0.1, 0.15) is 0 Å². The van der Waals surface area contributed by atoms with Gasteiger partial charge in [-0.15, -0.1) is 0 Å². The molecular weight excluding hydrogens is 280 g/mol. The Hall–Kier alpha value is -0.610. The third-order valence-corrected chi connectivity index (χ3v) is 5.21. The van der Waals surface area contributed by atoms with Crippen LogP contribution in [0.3, 0.4) is 0 Å². The van der Waals surface area contributed by atoms with Crippen molar-refractivity contribution in [2.24, 2.45) is 28.6 Å². The van der Waals surface area contributed by atoms with Crippen molar-refractivity contribution in [3.63, 3.8) is 0 Å². The molecule has 0 amide bonds. The Kier molecular flexibility index (Phi) is 7.56. The fraction of sp³-hybridized carbons (Fsp3) is 0.944. The molecule has 0 spiro atoms. The van der Waals surface area contributed by atoms with Gasteiger partial charge < -0.3 is 15.3 Å². The number of ether oxygens (including phenoxy) is 1. The Morgan fingerprint density at radius 3 is 1.77 bits per heavy atom. The average Bonchev–Trinajstić information content (AvgIpc) is 2.34. The van der Waals surface area contributed by atoms with Gasteiger partial charge in [0.2, 0.25) is 0 Å². The lowest BCUT2D eigenvalue weighted by molar-refractivity contribution is -0.141. The summed E-state index contributed by atoms with van der Waals surface area (Å²) >= 11 is 0. The molecular formula is C18H36O4. The number of aliphatic hydroxyl groups excluding tert-OH is 1. The molecule has 4 nitrogen and oxygen atoms in total. The summed E-state index contributed by atoms with van der Waals surface area (Å²) in [5.74, 6) is 0.956. The van der Waals surface area contributed by atoms with E-state index in [9.17, 15) is 9.90 Å². The number of carbonyl (C=O) groups excluding carboxylic acids is 1. The normalized spacial score (nSPS) is 29.6. The largest absolute Gasteiger partial charge is 0.469 e. The molecule has 0 radical (unpaired) electrons.